The van der Waals surface area contributed by atoms with Crippen LogP contribution in [0.2, 0.25) is 0 Å². The fourth-order valence-electron chi connectivity index (χ4n) is 5.98. The van der Waals surface area contributed by atoms with Crippen LogP contribution in [0, 0.1) is 17.7 Å². The Balaban J connectivity index is 1.41. The number of halogens is 1. The van der Waals surface area contributed by atoms with Gasteiger partial charge in [0.25, 0.3) is 0 Å². The lowest BCUT2D eigenvalue weighted by molar-refractivity contribution is -0.142. The lowest BCUT2D eigenvalue weighted by Gasteiger charge is -2.29. The molecule has 3 aliphatic heterocycles. The third-order valence-corrected chi connectivity index (χ3v) is 7.53. The molecule has 3 aromatic carbocycles. The van der Waals surface area contributed by atoms with Gasteiger partial charge in [0.05, 0.1) is 11.8 Å². The van der Waals surface area contributed by atoms with Crippen LogP contribution in [-0.4, -0.2) is 35.2 Å². The number of imide groups is 1. The van der Waals surface area contributed by atoms with E-state index in [1.807, 2.05) is 60.7 Å². The summed E-state index contributed by atoms with van der Waals surface area (Å²) in [5.74, 6) is -3.25. The van der Waals surface area contributed by atoms with Gasteiger partial charge < -0.3 is 5.32 Å². The summed E-state index contributed by atoms with van der Waals surface area (Å²) in [4.78, 5) is 42.3. The Hall–Kier alpha value is -3.84. The van der Waals surface area contributed by atoms with Crippen LogP contribution < -0.4 is 10.6 Å². The number of nitrogens with one attached hydrogen (secondary N) is 2. The molecular formula is C28H24FN3O3. The molecule has 2 fully saturated rings. The number of carbonyl (C=O) groups is 3. The maximum absolute atomic E-state index is 14.3. The summed E-state index contributed by atoms with van der Waals surface area (Å²) in [5.41, 5.74) is 1.37. The first-order chi connectivity index (χ1) is 17.0. The number of likely N-dealkylation sites (tertiary alicyclic amines) is 1. The molecule has 6 rings (SSSR count). The number of rotatable bonds is 5. The number of fused-ring (bicyclic) bond motifs is 4. The zero-order valence-electron chi connectivity index (χ0n) is 18.9. The van der Waals surface area contributed by atoms with E-state index in [4.69, 9.17) is 0 Å². The van der Waals surface area contributed by atoms with Gasteiger partial charge >= 0.3 is 0 Å². The fraction of sp³-hybridized carbons (Fsp3) is 0.250. The van der Waals surface area contributed by atoms with Crippen molar-refractivity contribution in [3.63, 3.8) is 0 Å². The highest BCUT2D eigenvalue weighted by molar-refractivity contribution is 6.15. The molecule has 7 heteroatoms. The minimum Gasteiger partial charge on any atom is -0.324 e. The summed E-state index contributed by atoms with van der Waals surface area (Å²) >= 11 is 0. The maximum atomic E-state index is 14.3. The van der Waals surface area contributed by atoms with E-state index in [1.165, 1.54) is 23.1 Å². The second-order valence-electron chi connectivity index (χ2n) is 9.46. The topological polar surface area (TPSA) is 78.5 Å². The van der Waals surface area contributed by atoms with Crippen molar-refractivity contribution in [1.82, 2.24) is 10.2 Å². The van der Waals surface area contributed by atoms with Crippen molar-refractivity contribution in [2.75, 3.05) is 11.9 Å². The van der Waals surface area contributed by atoms with E-state index in [9.17, 15) is 18.8 Å². The summed E-state index contributed by atoms with van der Waals surface area (Å²) in [5, 5.41) is 6.17. The maximum Gasteiger partial charge on any atom is 0.250 e. The number of benzene rings is 3. The van der Waals surface area contributed by atoms with E-state index in [0.29, 0.717) is 24.1 Å². The molecule has 0 saturated carbocycles. The van der Waals surface area contributed by atoms with Crippen molar-refractivity contribution in [2.24, 2.45) is 11.8 Å². The zero-order valence-corrected chi connectivity index (χ0v) is 18.9. The average Bonchev–Trinajstić information content (AvgIpc) is 3.44. The molecule has 1 spiro atoms. The van der Waals surface area contributed by atoms with Crippen LogP contribution in [0.5, 0.6) is 0 Å². The predicted molar refractivity (Wildman–Crippen MR) is 128 cm³/mol. The number of nitrogens with zero attached hydrogens (tertiary/aromatic N) is 1. The van der Waals surface area contributed by atoms with E-state index in [0.717, 1.165) is 11.1 Å². The van der Waals surface area contributed by atoms with Crippen LogP contribution in [0.1, 0.15) is 16.7 Å². The number of anilines is 1. The average molecular weight is 470 g/mol. The van der Waals surface area contributed by atoms with Crippen LogP contribution in [0.4, 0.5) is 10.1 Å². The quantitative estimate of drug-likeness (QED) is 0.563. The van der Waals surface area contributed by atoms with Crippen LogP contribution in [-0.2, 0) is 32.8 Å². The Morgan fingerprint density at radius 3 is 2.26 bits per heavy atom. The van der Waals surface area contributed by atoms with Crippen molar-refractivity contribution >= 4 is 23.4 Å². The van der Waals surface area contributed by atoms with Gasteiger partial charge in [-0.15, -0.1) is 0 Å². The molecule has 3 aliphatic rings. The van der Waals surface area contributed by atoms with Gasteiger partial charge in [0.15, 0.2) is 0 Å². The summed E-state index contributed by atoms with van der Waals surface area (Å²) < 4.78 is 14.3. The molecule has 3 heterocycles. The van der Waals surface area contributed by atoms with Crippen molar-refractivity contribution < 1.29 is 18.8 Å². The van der Waals surface area contributed by atoms with Gasteiger partial charge in [0.2, 0.25) is 17.7 Å². The molecular weight excluding hydrogens is 445 g/mol. The van der Waals surface area contributed by atoms with Gasteiger partial charge in [-0.25, -0.2) is 4.39 Å². The van der Waals surface area contributed by atoms with E-state index in [2.05, 4.69) is 10.6 Å². The zero-order chi connectivity index (χ0) is 24.2. The van der Waals surface area contributed by atoms with Gasteiger partial charge in [-0.2, -0.15) is 0 Å². The van der Waals surface area contributed by atoms with Crippen LogP contribution >= 0.6 is 0 Å². The Kier molecular flexibility index (Phi) is 5.04. The number of amides is 3. The first-order valence-corrected chi connectivity index (χ1v) is 11.8. The van der Waals surface area contributed by atoms with Crippen molar-refractivity contribution in [3.05, 3.63) is 101 Å². The number of hydrogen-bond donors (Lipinski definition) is 2. The second kappa shape index (κ2) is 8.13. The summed E-state index contributed by atoms with van der Waals surface area (Å²) in [7, 11) is 0. The van der Waals surface area contributed by atoms with Gasteiger partial charge in [-0.1, -0.05) is 60.7 Å². The lowest BCUT2D eigenvalue weighted by atomic mass is 9.76. The smallest absolute Gasteiger partial charge is 0.250 e. The molecule has 0 radical (unpaired) electrons. The van der Waals surface area contributed by atoms with Gasteiger partial charge in [0, 0.05) is 23.8 Å². The van der Waals surface area contributed by atoms with Gasteiger partial charge in [-0.05, 0) is 42.2 Å². The van der Waals surface area contributed by atoms with E-state index in [1.54, 1.807) is 0 Å². The Labute approximate surface area is 202 Å². The third kappa shape index (κ3) is 3.30. The van der Waals surface area contributed by atoms with Crippen LogP contribution in [0.3, 0.4) is 0 Å². The van der Waals surface area contributed by atoms with Crippen molar-refractivity contribution in [1.29, 1.82) is 0 Å². The molecule has 4 atom stereocenters. The molecule has 0 unspecified atom stereocenters. The Morgan fingerprint density at radius 2 is 1.54 bits per heavy atom. The highest BCUT2D eigenvalue weighted by Gasteiger charge is 2.70. The molecule has 2 N–H and O–H groups in total. The molecule has 0 aromatic heterocycles. The molecule has 2 saturated heterocycles. The third-order valence-electron chi connectivity index (χ3n) is 7.53. The molecule has 35 heavy (non-hydrogen) atoms. The highest BCUT2D eigenvalue weighted by Crippen LogP contribution is 2.53. The molecule has 6 nitrogen and oxygen atoms in total. The fourth-order valence-corrected chi connectivity index (χ4v) is 5.98. The van der Waals surface area contributed by atoms with Crippen molar-refractivity contribution in [2.45, 2.75) is 24.4 Å². The summed E-state index contributed by atoms with van der Waals surface area (Å²) in [6.45, 7) is 0.237. The SMILES string of the molecule is O=C1[C@@H]2[C@H](Cc3ccccc3)N[C@]3(C(=O)Nc4ccc(F)cc43)[C@@H]2C(=O)N1CCc1ccccc1. The van der Waals surface area contributed by atoms with E-state index in [-0.39, 0.29) is 18.4 Å². The Bertz CT molecular complexity index is 1330. The standard InChI is InChI=1S/C28H24FN3O3/c29-19-11-12-21-20(16-19)28(27(35)30-21)24-23(22(31-28)15-18-9-5-2-6-10-18)25(33)32(26(24)34)14-13-17-7-3-1-4-8-17/h1-12,16,22-24,31H,13-15H2,(H,30,35)/t22-,23+,24-,28-/m0/s1. The largest absolute Gasteiger partial charge is 0.324 e. The molecule has 176 valence electrons. The monoisotopic (exact) mass is 469 g/mol. The predicted octanol–water partition coefficient (Wildman–Crippen LogP) is 3.03. The molecule has 3 amide bonds. The normalized spacial score (nSPS) is 26.8. The molecule has 3 aromatic rings. The van der Waals surface area contributed by atoms with Crippen molar-refractivity contribution in [3.8, 4) is 0 Å². The van der Waals surface area contributed by atoms with Crippen LogP contribution in [0.25, 0.3) is 0 Å². The minimum atomic E-state index is -1.49. The highest BCUT2D eigenvalue weighted by atomic mass is 19.1. The van der Waals surface area contributed by atoms with E-state index >= 15 is 0 Å². The Morgan fingerprint density at radius 1 is 0.857 bits per heavy atom. The molecule has 0 bridgehead atoms. The summed E-state index contributed by atoms with van der Waals surface area (Å²) in [6, 6.07) is 22.9. The second-order valence-corrected chi connectivity index (χ2v) is 9.46. The van der Waals surface area contributed by atoms with Crippen LogP contribution in [0.15, 0.2) is 78.9 Å². The molecule has 0 aliphatic carbocycles. The van der Waals surface area contributed by atoms with Gasteiger partial charge in [0.1, 0.15) is 11.4 Å². The minimum absolute atomic E-state index is 0.237. The number of carbonyl (C=O) groups excluding carboxylic acids is 3. The number of hydrogen-bond acceptors (Lipinski definition) is 4. The first kappa shape index (κ1) is 21.7. The summed E-state index contributed by atoms with van der Waals surface area (Å²) in [6.07, 6.45) is 0.992. The van der Waals surface area contributed by atoms with E-state index < -0.39 is 35.1 Å². The lowest BCUT2D eigenvalue weighted by Crippen LogP contribution is -2.53. The van der Waals surface area contributed by atoms with Gasteiger partial charge in [-0.3, -0.25) is 24.6 Å². The first-order valence-electron chi connectivity index (χ1n) is 11.8.